The maximum absolute atomic E-state index is 8.64. The van der Waals surface area contributed by atoms with Crippen LogP contribution < -0.4 is 0 Å². The van der Waals surface area contributed by atoms with Gasteiger partial charge in [0, 0.05) is 12.7 Å². The van der Waals surface area contributed by atoms with E-state index in [1.807, 2.05) is 16.9 Å². The molecule has 0 spiro atoms. The van der Waals surface area contributed by atoms with Gasteiger partial charge in [0.25, 0.3) is 0 Å². The van der Waals surface area contributed by atoms with E-state index >= 15 is 0 Å². The van der Waals surface area contributed by atoms with Crippen molar-refractivity contribution in [1.29, 1.82) is 0 Å². The van der Waals surface area contributed by atoms with E-state index in [1.165, 1.54) is 0 Å². The van der Waals surface area contributed by atoms with Gasteiger partial charge >= 0.3 is 0 Å². The van der Waals surface area contributed by atoms with Crippen molar-refractivity contribution < 1.29 is 5.11 Å². The summed E-state index contributed by atoms with van der Waals surface area (Å²) in [6.45, 7) is 3.07. The van der Waals surface area contributed by atoms with Gasteiger partial charge in [-0.25, -0.2) is 0 Å². The molecule has 0 amide bonds. The van der Waals surface area contributed by atoms with E-state index in [0.717, 1.165) is 18.7 Å². The number of hydrogen-bond acceptors (Lipinski definition) is 2. The zero-order valence-electron chi connectivity index (χ0n) is 6.12. The zero-order valence-corrected chi connectivity index (χ0v) is 6.12. The number of nitrogens with zero attached hydrogens (tertiary/aromatic N) is 2. The monoisotopic (exact) mass is 140 g/mol. The van der Waals surface area contributed by atoms with Crippen molar-refractivity contribution in [2.45, 2.75) is 26.5 Å². The second-order valence-electron chi connectivity index (χ2n) is 2.23. The lowest BCUT2D eigenvalue weighted by Gasteiger charge is -1.94. The normalized spacial score (nSPS) is 10.2. The molecule has 0 unspecified atom stereocenters. The van der Waals surface area contributed by atoms with Crippen LogP contribution in [0.5, 0.6) is 0 Å². The lowest BCUT2D eigenvalue weighted by molar-refractivity contribution is 0.275. The van der Waals surface area contributed by atoms with Gasteiger partial charge in [0.15, 0.2) is 0 Å². The molecule has 1 N–H and O–H groups in total. The molecule has 0 bridgehead atoms. The van der Waals surface area contributed by atoms with Crippen LogP contribution in [0, 0.1) is 0 Å². The molecule has 1 rings (SSSR count). The summed E-state index contributed by atoms with van der Waals surface area (Å²) in [5.74, 6) is 0. The standard InChI is InChI=1S/C7H12N2O/c1-2-4-9-5-3-7(6-10)8-9/h3,5,10H,2,4,6H2,1H3. The van der Waals surface area contributed by atoms with E-state index in [9.17, 15) is 0 Å². The Labute approximate surface area is 60.3 Å². The number of aliphatic hydroxyl groups excluding tert-OH is 1. The Hall–Kier alpha value is -0.830. The second kappa shape index (κ2) is 3.37. The minimum absolute atomic E-state index is 0.0384. The maximum atomic E-state index is 8.64. The topological polar surface area (TPSA) is 38.0 Å². The van der Waals surface area contributed by atoms with E-state index in [-0.39, 0.29) is 6.61 Å². The van der Waals surface area contributed by atoms with Crippen LogP contribution in [-0.4, -0.2) is 14.9 Å². The molecule has 10 heavy (non-hydrogen) atoms. The highest BCUT2D eigenvalue weighted by atomic mass is 16.3. The first kappa shape index (κ1) is 7.28. The first-order valence-electron chi connectivity index (χ1n) is 3.50. The predicted octanol–water partition coefficient (Wildman–Crippen LogP) is 0.785. The van der Waals surface area contributed by atoms with E-state index < -0.39 is 0 Å². The highest BCUT2D eigenvalue weighted by molar-refractivity contribution is 4.96. The molecule has 1 aromatic rings. The van der Waals surface area contributed by atoms with Crippen molar-refractivity contribution in [2.24, 2.45) is 0 Å². The molecule has 0 fully saturated rings. The molecule has 0 aliphatic heterocycles. The average Bonchev–Trinajstić information content (AvgIpc) is 2.37. The minimum Gasteiger partial charge on any atom is -0.390 e. The van der Waals surface area contributed by atoms with Crippen LogP contribution in [0.4, 0.5) is 0 Å². The molecule has 56 valence electrons. The Bertz CT molecular complexity index is 195. The summed E-state index contributed by atoms with van der Waals surface area (Å²) in [4.78, 5) is 0. The van der Waals surface area contributed by atoms with Crippen LogP contribution in [0.2, 0.25) is 0 Å². The van der Waals surface area contributed by atoms with Crippen molar-refractivity contribution >= 4 is 0 Å². The van der Waals surface area contributed by atoms with Crippen LogP contribution in [0.1, 0.15) is 19.0 Å². The molecule has 3 heteroatoms. The minimum atomic E-state index is 0.0384. The summed E-state index contributed by atoms with van der Waals surface area (Å²) in [5.41, 5.74) is 0.744. The third-order valence-electron chi connectivity index (χ3n) is 1.31. The summed E-state index contributed by atoms with van der Waals surface area (Å²) < 4.78 is 1.84. The first-order chi connectivity index (χ1) is 4.86. The van der Waals surface area contributed by atoms with Crippen molar-refractivity contribution in [2.75, 3.05) is 0 Å². The molecule has 3 nitrogen and oxygen atoms in total. The molecule has 0 radical (unpaired) electrons. The molecular weight excluding hydrogens is 128 g/mol. The van der Waals surface area contributed by atoms with Crippen molar-refractivity contribution in [3.63, 3.8) is 0 Å². The fourth-order valence-corrected chi connectivity index (χ4v) is 0.842. The Morgan fingerprint density at radius 2 is 2.50 bits per heavy atom. The fourth-order valence-electron chi connectivity index (χ4n) is 0.842. The second-order valence-corrected chi connectivity index (χ2v) is 2.23. The van der Waals surface area contributed by atoms with Crippen LogP contribution >= 0.6 is 0 Å². The molecule has 1 heterocycles. The molecule has 1 aromatic heterocycles. The first-order valence-corrected chi connectivity index (χ1v) is 3.50. The summed E-state index contributed by atoms with van der Waals surface area (Å²) in [5, 5.41) is 12.7. The zero-order chi connectivity index (χ0) is 7.40. The van der Waals surface area contributed by atoms with Crippen molar-refractivity contribution in [3.8, 4) is 0 Å². The Kier molecular flexibility index (Phi) is 2.45. The largest absolute Gasteiger partial charge is 0.390 e. The van der Waals surface area contributed by atoms with Gasteiger partial charge in [-0.15, -0.1) is 0 Å². The summed E-state index contributed by atoms with van der Waals surface area (Å²) in [7, 11) is 0. The molecule has 0 aromatic carbocycles. The average molecular weight is 140 g/mol. The number of aryl methyl sites for hydroxylation is 1. The van der Waals surface area contributed by atoms with E-state index in [0.29, 0.717) is 0 Å². The van der Waals surface area contributed by atoms with Crippen molar-refractivity contribution in [1.82, 2.24) is 9.78 Å². The van der Waals surface area contributed by atoms with Crippen LogP contribution in [0.25, 0.3) is 0 Å². The van der Waals surface area contributed by atoms with Gasteiger partial charge in [-0.3, -0.25) is 4.68 Å². The Morgan fingerprint density at radius 1 is 1.70 bits per heavy atom. The van der Waals surface area contributed by atoms with Gasteiger partial charge in [0.2, 0.25) is 0 Å². The van der Waals surface area contributed by atoms with Crippen LogP contribution in [0.15, 0.2) is 12.3 Å². The lowest BCUT2D eigenvalue weighted by atomic mass is 10.5. The third kappa shape index (κ3) is 1.57. The van der Waals surface area contributed by atoms with Crippen LogP contribution in [0.3, 0.4) is 0 Å². The number of aromatic nitrogens is 2. The van der Waals surface area contributed by atoms with Gasteiger partial charge < -0.3 is 5.11 Å². The predicted molar refractivity (Wildman–Crippen MR) is 38.4 cm³/mol. The quantitative estimate of drug-likeness (QED) is 0.674. The Balaban J connectivity index is 2.59. The Morgan fingerprint density at radius 3 is 3.00 bits per heavy atom. The smallest absolute Gasteiger partial charge is 0.0878 e. The number of rotatable bonds is 3. The highest BCUT2D eigenvalue weighted by Crippen LogP contribution is 1.95. The molecular formula is C7H12N2O. The number of aliphatic hydroxyl groups is 1. The summed E-state index contributed by atoms with van der Waals surface area (Å²) in [6.07, 6.45) is 2.96. The lowest BCUT2D eigenvalue weighted by Crippen LogP contribution is -1.97. The van der Waals surface area contributed by atoms with Crippen molar-refractivity contribution in [3.05, 3.63) is 18.0 Å². The molecule has 0 aliphatic carbocycles. The summed E-state index contributed by atoms with van der Waals surface area (Å²) in [6, 6.07) is 1.83. The van der Waals surface area contributed by atoms with Gasteiger partial charge in [0.1, 0.15) is 0 Å². The van der Waals surface area contributed by atoms with E-state index in [4.69, 9.17) is 5.11 Å². The fraction of sp³-hybridized carbons (Fsp3) is 0.571. The van der Waals surface area contributed by atoms with Gasteiger partial charge in [-0.2, -0.15) is 5.10 Å². The third-order valence-corrected chi connectivity index (χ3v) is 1.31. The molecule has 0 aliphatic rings. The van der Waals surface area contributed by atoms with Crippen LogP contribution in [-0.2, 0) is 13.2 Å². The van der Waals surface area contributed by atoms with E-state index in [1.54, 1.807) is 0 Å². The van der Waals surface area contributed by atoms with E-state index in [2.05, 4.69) is 12.0 Å². The molecule has 0 saturated carbocycles. The van der Waals surface area contributed by atoms with Gasteiger partial charge in [0.05, 0.1) is 12.3 Å². The van der Waals surface area contributed by atoms with Gasteiger partial charge in [-0.1, -0.05) is 6.92 Å². The SMILES string of the molecule is CCCn1ccc(CO)n1. The number of hydrogen-bond donors (Lipinski definition) is 1. The molecule has 0 atom stereocenters. The van der Waals surface area contributed by atoms with Gasteiger partial charge in [-0.05, 0) is 12.5 Å². The molecule has 0 saturated heterocycles. The maximum Gasteiger partial charge on any atom is 0.0878 e. The highest BCUT2D eigenvalue weighted by Gasteiger charge is 1.93. The summed E-state index contributed by atoms with van der Waals surface area (Å²) >= 11 is 0.